The van der Waals surface area contributed by atoms with Crippen LogP contribution < -0.4 is 5.32 Å². The minimum Gasteiger partial charge on any atom is -0.444 e. The first-order chi connectivity index (χ1) is 13.8. The summed E-state index contributed by atoms with van der Waals surface area (Å²) in [5, 5.41) is 7.81. The number of hydrogen-bond acceptors (Lipinski definition) is 4. The third-order valence-electron chi connectivity index (χ3n) is 4.72. The molecule has 5 heteroatoms. The Labute approximate surface area is 181 Å². The molecule has 0 radical (unpaired) electrons. The number of thiophene rings is 1. The molecule has 3 aromatic rings. The van der Waals surface area contributed by atoms with Crippen molar-refractivity contribution in [3.05, 3.63) is 82.3 Å². The van der Waals surface area contributed by atoms with Gasteiger partial charge in [-0.2, -0.15) is 11.3 Å². The Kier molecular flexibility index (Phi) is 6.70. The van der Waals surface area contributed by atoms with Crippen LogP contribution in [0.15, 0.2) is 74.2 Å². The summed E-state index contributed by atoms with van der Waals surface area (Å²) in [6, 6.07) is 12.0. The lowest BCUT2D eigenvalue weighted by atomic mass is 9.87. The van der Waals surface area contributed by atoms with Crippen molar-refractivity contribution in [2.24, 2.45) is 0 Å². The van der Waals surface area contributed by atoms with Crippen LogP contribution in [-0.4, -0.2) is 5.91 Å². The van der Waals surface area contributed by atoms with Crippen LogP contribution in [0.1, 0.15) is 60.5 Å². The monoisotopic (exact) mass is 425 g/mol. The van der Waals surface area contributed by atoms with E-state index in [9.17, 15) is 4.79 Å². The molecule has 1 aromatic carbocycles. The topological polar surface area (TPSA) is 42.2 Å². The standard InChI is InChI=1S/C24H27NO2S2/c1-6-7-19(17-12-13-28-15-17)25-23(26)20-10-11-22(27-20)29-21-14-18(24(3,4)5)9-8-16(21)2/h6,8-15,19H,1,7H2,2-5H3,(H,25,26). The normalized spacial score (nSPS) is 12.6. The second-order valence-electron chi connectivity index (χ2n) is 8.06. The Morgan fingerprint density at radius 3 is 2.72 bits per heavy atom. The first-order valence-corrected chi connectivity index (χ1v) is 11.4. The Bertz CT molecular complexity index is 981. The smallest absolute Gasteiger partial charge is 0.287 e. The number of carbonyl (C=O) groups is 1. The van der Waals surface area contributed by atoms with Crippen molar-refractivity contribution in [2.45, 2.75) is 55.6 Å². The van der Waals surface area contributed by atoms with Crippen molar-refractivity contribution < 1.29 is 9.21 Å². The molecule has 152 valence electrons. The zero-order valence-corrected chi connectivity index (χ0v) is 19.0. The molecule has 0 bridgehead atoms. The first-order valence-electron chi connectivity index (χ1n) is 9.60. The summed E-state index contributed by atoms with van der Waals surface area (Å²) >= 11 is 3.16. The third kappa shape index (κ3) is 5.43. The highest BCUT2D eigenvalue weighted by molar-refractivity contribution is 7.99. The van der Waals surface area contributed by atoms with Gasteiger partial charge in [-0.25, -0.2) is 0 Å². The van der Waals surface area contributed by atoms with E-state index in [0.29, 0.717) is 17.3 Å². The SMILES string of the molecule is C=CCC(NC(=O)c1ccc(Sc2cc(C(C)(C)C)ccc2C)o1)c1ccsc1. The number of aryl methyl sites for hydroxylation is 1. The average molecular weight is 426 g/mol. The van der Waals surface area contributed by atoms with Gasteiger partial charge in [-0.1, -0.05) is 50.7 Å². The Hall–Kier alpha value is -2.24. The molecule has 0 aliphatic rings. The Balaban J connectivity index is 1.74. The summed E-state index contributed by atoms with van der Waals surface area (Å²) in [4.78, 5) is 13.8. The van der Waals surface area contributed by atoms with E-state index in [-0.39, 0.29) is 17.4 Å². The van der Waals surface area contributed by atoms with E-state index in [1.54, 1.807) is 29.2 Å². The van der Waals surface area contributed by atoms with Gasteiger partial charge in [0.25, 0.3) is 5.91 Å². The first kappa shape index (κ1) is 21.5. The minimum atomic E-state index is -0.213. The second kappa shape index (κ2) is 9.06. The van der Waals surface area contributed by atoms with Crippen molar-refractivity contribution >= 4 is 29.0 Å². The van der Waals surface area contributed by atoms with Gasteiger partial charge in [-0.05, 0) is 70.5 Å². The maximum Gasteiger partial charge on any atom is 0.287 e. The molecule has 1 amide bonds. The maximum atomic E-state index is 12.7. The maximum absolute atomic E-state index is 12.7. The highest BCUT2D eigenvalue weighted by atomic mass is 32.2. The number of carbonyl (C=O) groups excluding carboxylic acids is 1. The van der Waals surface area contributed by atoms with E-state index in [4.69, 9.17) is 4.42 Å². The largest absolute Gasteiger partial charge is 0.444 e. The molecule has 0 spiro atoms. The van der Waals surface area contributed by atoms with Crippen LogP contribution in [0.4, 0.5) is 0 Å². The number of benzene rings is 1. The van der Waals surface area contributed by atoms with Crippen LogP contribution in [0.2, 0.25) is 0 Å². The van der Waals surface area contributed by atoms with Gasteiger partial charge >= 0.3 is 0 Å². The van der Waals surface area contributed by atoms with Crippen LogP contribution in [0.25, 0.3) is 0 Å². The zero-order chi connectivity index (χ0) is 21.0. The second-order valence-corrected chi connectivity index (χ2v) is 9.88. The number of hydrogen-bond donors (Lipinski definition) is 1. The summed E-state index contributed by atoms with van der Waals surface area (Å²) < 4.78 is 5.85. The fourth-order valence-corrected chi connectivity index (χ4v) is 4.54. The van der Waals surface area contributed by atoms with E-state index in [2.05, 4.69) is 57.8 Å². The fourth-order valence-electron chi connectivity index (χ4n) is 2.93. The van der Waals surface area contributed by atoms with Gasteiger partial charge in [0.05, 0.1) is 6.04 Å². The van der Waals surface area contributed by atoms with Crippen LogP contribution in [0, 0.1) is 6.92 Å². The van der Waals surface area contributed by atoms with E-state index < -0.39 is 0 Å². The van der Waals surface area contributed by atoms with Gasteiger partial charge in [0.1, 0.15) is 0 Å². The fraction of sp³-hybridized carbons (Fsp3) is 0.292. The quantitative estimate of drug-likeness (QED) is 0.409. The van der Waals surface area contributed by atoms with Gasteiger partial charge in [0.15, 0.2) is 10.9 Å². The molecule has 2 aromatic heterocycles. The molecule has 0 fully saturated rings. The van der Waals surface area contributed by atoms with Crippen molar-refractivity contribution in [1.82, 2.24) is 5.32 Å². The number of amides is 1. The van der Waals surface area contributed by atoms with Crippen LogP contribution in [-0.2, 0) is 5.41 Å². The molecule has 2 heterocycles. The molecule has 3 rings (SSSR count). The van der Waals surface area contributed by atoms with Crippen molar-refractivity contribution in [1.29, 1.82) is 0 Å². The van der Waals surface area contributed by atoms with Gasteiger partial charge in [0.2, 0.25) is 0 Å². The molecule has 1 N–H and O–H groups in total. The summed E-state index contributed by atoms with van der Waals surface area (Å²) in [6.45, 7) is 12.5. The summed E-state index contributed by atoms with van der Waals surface area (Å²) in [7, 11) is 0. The lowest BCUT2D eigenvalue weighted by molar-refractivity contribution is 0.0904. The van der Waals surface area contributed by atoms with Crippen molar-refractivity contribution in [3.63, 3.8) is 0 Å². The number of nitrogens with one attached hydrogen (secondary N) is 1. The van der Waals surface area contributed by atoms with Crippen molar-refractivity contribution in [2.75, 3.05) is 0 Å². The predicted molar refractivity (Wildman–Crippen MR) is 122 cm³/mol. The summed E-state index contributed by atoms with van der Waals surface area (Å²) in [6.07, 6.45) is 2.49. The van der Waals surface area contributed by atoms with E-state index in [0.717, 1.165) is 10.5 Å². The lowest BCUT2D eigenvalue weighted by Crippen LogP contribution is -2.27. The van der Waals surface area contributed by atoms with Gasteiger partial charge < -0.3 is 9.73 Å². The predicted octanol–water partition coefficient (Wildman–Crippen LogP) is 7.15. The van der Waals surface area contributed by atoms with Gasteiger partial charge in [0, 0.05) is 4.90 Å². The lowest BCUT2D eigenvalue weighted by Gasteiger charge is -2.20. The third-order valence-corrected chi connectivity index (χ3v) is 6.50. The molecular formula is C24H27NO2S2. The molecule has 29 heavy (non-hydrogen) atoms. The highest BCUT2D eigenvalue weighted by Crippen LogP contribution is 2.35. The Morgan fingerprint density at radius 2 is 2.07 bits per heavy atom. The minimum absolute atomic E-state index is 0.0824. The van der Waals surface area contributed by atoms with E-state index >= 15 is 0 Å². The highest BCUT2D eigenvalue weighted by Gasteiger charge is 2.19. The summed E-state index contributed by atoms with van der Waals surface area (Å²) in [5.41, 5.74) is 3.63. The molecule has 0 saturated heterocycles. The van der Waals surface area contributed by atoms with Crippen LogP contribution in [0.3, 0.4) is 0 Å². The average Bonchev–Trinajstić information content (AvgIpc) is 3.34. The van der Waals surface area contributed by atoms with E-state index in [1.807, 2.05) is 29.0 Å². The summed E-state index contributed by atoms with van der Waals surface area (Å²) in [5.74, 6) is 0.108. The molecule has 1 unspecified atom stereocenters. The molecular weight excluding hydrogens is 398 g/mol. The number of furan rings is 1. The van der Waals surface area contributed by atoms with Gasteiger partial charge in [-0.15, -0.1) is 6.58 Å². The van der Waals surface area contributed by atoms with Crippen LogP contribution in [0.5, 0.6) is 0 Å². The van der Waals surface area contributed by atoms with Crippen LogP contribution >= 0.6 is 23.1 Å². The molecule has 0 aliphatic carbocycles. The number of rotatable bonds is 7. The zero-order valence-electron chi connectivity index (χ0n) is 17.3. The van der Waals surface area contributed by atoms with Gasteiger partial charge in [-0.3, -0.25) is 4.79 Å². The molecule has 1 atom stereocenters. The molecule has 0 aliphatic heterocycles. The molecule has 3 nitrogen and oxygen atoms in total. The molecule has 0 saturated carbocycles. The van der Waals surface area contributed by atoms with E-state index in [1.165, 1.54) is 11.1 Å². The van der Waals surface area contributed by atoms with Crippen molar-refractivity contribution in [3.8, 4) is 0 Å². The Morgan fingerprint density at radius 1 is 1.28 bits per heavy atom.